The van der Waals surface area contributed by atoms with Crippen molar-refractivity contribution in [2.75, 3.05) is 13.2 Å². The molecule has 0 radical (unpaired) electrons. The van der Waals surface area contributed by atoms with Crippen molar-refractivity contribution in [2.45, 2.75) is 66.2 Å². The summed E-state index contributed by atoms with van der Waals surface area (Å²) in [7, 11) is -4.13. The van der Waals surface area contributed by atoms with Crippen LogP contribution in [-0.2, 0) is 23.2 Å². The van der Waals surface area contributed by atoms with Crippen LogP contribution in [0.5, 0.6) is 0 Å². The first kappa shape index (κ1) is 24.1. The van der Waals surface area contributed by atoms with Crippen molar-refractivity contribution >= 4 is 19.8 Å². The van der Waals surface area contributed by atoms with Crippen molar-refractivity contribution in [1.82, 2.24) is 0 Å². The molecule has 0 fully saturated rings. The van der Waals surface area contributed by atoms with E-state index in [1.165, 1.54) is 0 Å². The van der Waals surface area contributed by atoms with Gasteiger partial charge in [-0.3, -0.25) is 18.6 Å². The number of carbonyl (C=O) groups is 2. The summed E-state index contributed by atoms with van der Waals surface area (Å²) in [6.07, 6.45) is 2.92. The van der Waals surface area contributed by atoms with Gasteiger partial charge in [-0.15, -0.1) is 0 Å². The predicted molar refractivity (Wildman–Crippen MR) is 92.3 cm³/mol. The van der Waals surface area contributed by atoms with E-state index in [4.69, 9.17) is 19.3 Å². The third-order valence-corrected chi connectivity index (χ3v) is 5.08. The van der Waals surface area contributed by atoms with E-state index < -0.39 is 30.6 Å². The lowest BCUT2D eigenvalue weighted by atomic mass is 9.87. The summed E-state index contributed by atoms with van der Waals surface area (Å²) < 4.78 is 21.3. The second kappa shape index (κ2) is 10.3. The summed E-state index contributed by atoms with van der Waals surface area (Å²) in [6.45, 7) is 6.53. The Morgan fingerprint density at radius 3 is 1.40 bits per heavy atom. The molecule has 0 aliphatic carbocycles. The van der Waals surface area contributed by atoms with Crippen LogP contribution in [0.2, 0.25) is 0 Å². The zero-order valence-corrected chi connectivity index (χ0v) is 16.4. The lowest BCUT2D eigenvalue weighted by Crippen LogP contribution is -2.23. The van der Waals surface area contributed by atoms with Crippen LogP contribution in [-0.4, -0.2) is 40.3 Å². The highest BCUT2D eigenvalue weighted by Gasteiger charge is 2.27. The Labute approximate surface area is 149 Å². The average Bonchev–Trinajstić information content (AvgIpc) is 2.45. The van der Waals surface area contributed by atoms with Crippen LogP contribution in [0.25, 0.3) is 0 Å². The summed E-state index contributed by atoms with van der Waals surface area (Å²) in [4.78, 5) is 31.4. The zero-order valence-electron chi connectivity index (χ0n) is 15.5. The molecule has 0 saturated heterocycles. The number of hydrogen-bond acceptors (Lipinski definition) is 5. The fraction of sp³-hybridized carbons (Fsp3) is 0.875. The minimum atomic E-state index is -4.13. The molecule has 0 atom stereocenters. The van der Waals surface area contributed by atoms with E-state index in [1.54, 1.807) is 27.7 Å². The van der Waals surface area contributed by atoms with Crippen LogP contribution in [0.15, 0.2) is 0 Å². The van der Waals surface area contributed by atoms with Crippen LogP contribution in [0.4, 0.5) is 0 Å². The molecule has 9 heteroatoms. The first-order valence-electron chi connectivity index (χ1n) is 8.39. The zero-order chi connectivity index (χ0) is 19.7. The highest BCUT2D eigenvalue weighted by atomic mass is 31.2. The van der Waals surface area contributed by atoms with Gasteiger partial charge in [0.2, 0.25) is 0 Å². The molecule has 0 heterocycles. The van der Waals surface area contributed by atoms with Gasteiger partial charge in [0.25, 0.3) is 0 Å². The second-order valence-electron chi connectivity index (χ2n) is 7.43. The molecule has 0 saturated carbocycles. The minimum Gasteiger partial charge on any atom is -0.481 e. The summed E-state index contributed by atoms with van der Waals surface area (Å²) in [5.41, 5.74) is -1.66. The van der Waals surface area contributed by atoms with Gasteiger partial charge in [-0.1, -0.05) is 12.8 Å². The molecule has 0 aromatic carbocycles. The van der Waals surface area contributed by atoms with E-state index in [2.05, 4.69) is 0 Å². The quantitative estimate of drug-likeness (QED) is 0.306. The molecule has 3 N–H and O–H groups in total. The summed E-state index contributed by atoms with van der Waals surface area (Å²) in [6, 6.07) is 0. The topological polar surface area (TPSA) is 130 Å². The van der Waals surface area contributed by atoms with E-state index in [-0.39, 0.29) is 13.2 Å². The average molecular weight is 382 g/mol. The number of phosphoric ester groups is 1. The second-order valence-corrected chi connectivity index (χ2v) is 8.88. The lowest BCUT2D eigenvalue weighted by molar-refractivity contribution is -0.148. The smallest absolute Gasteiger partial charge is 0.472 e. The van der Waals surface area contributed by atoms with Gasteiger partial charge in [0.1, 0.15) is 0 Å². The Balaban J connectivity index is 3.87. The van der Waals surface area contributed by atoms with E-state index in [1.807, 2.05) is 0 Å². The van der Waals surface area contributed by atoms with Crippen LogP contribution >= 0.6 is 7.82 Å². The molecule has 8 nitrogen and oxygen atoms in total. The van der Waals surface area contributed by atoms with E-state index >= 15 is 0 Å². The monoisotopic (exact) mass is 382 g/mol. The normalized spacial score (nSPS) is 13.0. The van der Waals surface area contributed by atoms with Crippen molar-refractivity contribution in [3.8, 4) is 0 Å². The van der Waals surface area contributed by atoms with Gasteiger partial charge in [0, 0.05) is 0 Å². The number of hydrogen-bond donors (Lipinski definition) is 3. The molecule has 0 unspecified atom stereocenters. The van der Waals surface area contributed by atoms with Gasteiger partial charge in [-0.25, -0.2) is 4.57 Å². The summed E-state index contributed by atoms with van der Waals surface area (Å²) >= 11 is 0. The van der Waals surface area contributed by atoms with Gasteiger partial charge in [0.15, 0.2) is 0 Å². The van der Waals surface area contributed by atoms with Crippen molar-refractivity contribution in [3.63, 3.8) is 0 Å². The molecule has 148 valence electrons. The molecule has 0 amide bonds. The Bertz CT molecular complexity index is 447. The molecule has 0 bridgehead atoms. The van der Waals surface area contributed by atoms with Crippen molar-refractivity contribution in [1.29, 1.82) is 0 Å². The fourth-order valence-electron chi connectivity index (χ4n) is 1.95. The third-order valence-electron chi connectivity index (χ3n) is 4.06. The highest BCUT2D eigenvalue weighted by molar-refractivity contribution is 7.47. The number of carboxylic acids is 2. The maximum Gasteiger partial charge on any atom is 0.472 e. The number of rotatable bonds is 14. The van der Waals surface area contributed by atoms with Crippen LogP contribution in [0.3, 0.4) is 0 Å². The number of aliphatic carboxylic acids is 2. The molecule has 25 heavy (non-hydrogen) atoms. The van der Waals surface area contributed by atoms with Gasteiger partial charge >= 0.3 is 19.8 Å². The molecular weight excluding hydrogens is 351 g/mol. The Morgan fingerprint density at radius 1 is 0.800 bits per heavy atom. The van der Waals surface area contributed by atoms with E-state index in [0.29, 0.717) is 38.5 Å². The molecule has 0 aliphatic heterocycles. The van der Waals surface area contributed by atoms with Gasteiger partial charge in [0.05, 0.1) is 24.0 Å². The predicted octanol–water partition coefficient (Wildman–Crippen LogP) is 3.68. The summed E-state index contributed by atoms with van der Waals surface area (Å²) in [5.74, 6) is -1.76. The minimum absolute atomic E-state index is 0.00945. The van der Waals surface area contributed by atoms with Crippen LogP contribution in [0.1, 0.15) is 66.2 Å². The fourth-order valence-corrected chi connectivity index (χ4v) is 2.74. The van der Waals surface area contributed by atoms with Gasteiger partial charge in [-0.05, 0) is 53.4 Å². The summed E-state index contributed by atoms with van der Waals surface area (Å²) in [5, 5.41) is 18.0. The third kappa shape index (κ3) is 10.6. The molecular formula is C16H31O8P. The number of carboxylic acid groups (broad SMARTS) is 2. The lowest BCUT2D eigenvalue weighted by Gasteiger charge is -2.19. The van der Waals surface area contributed by atoms with E-state index in [9.17, 15) is 19.0 Å². The van der Waals surface area contributed by atoms with Crippen LogP contribution in [0, 0.1) is 10.8 Å². The molecule has 0 spiro atoms. The maximum absolute atomic E-state index is 11.7. The SMILES string of the molecule is CC(C)(CCCCOP(=O)(O)OCCCCC(C)(C)C(=O)O)C(=O)O. The molecule has 0 rings (SSSR count). The Kier molecular flexibility index (Phi) is 9.87. The first-order valence-corrected chi connectivity index (χ1v) is 9.88. The molecule has 0 aliphatic rings. The van der Waals surface area contributed by atoms with E-state index in [0.717, 1.165) is 0 Å². The first-order chi connectivity index (χ1) is 11.3. The Hall–Kier alpha value is -0.950. The Morgan fingerprint density at radius 2 is 1.12 bits per heavy atom. The van der Waals surface area contributed by atoms with Gasteiger partial charge < -0.3 is 15.1 Å². The highest BCUT2D eigenvalue weighted by Crippen LogP contribution is 2.43. The molecule has 0 aromatic heterocycles. The standard InChI is InChI=1S/C16H31O8P/c1-15(2,13(17)18)9-5-7-11-23-25(21,22)24-12-8-6-10-16(3,4)14(19)20/h5-12H2,1-4H3,(H,17,18)(H,19,20)(H,21,22). The van der Waals surface area contributed by atoms with Crippen molar-refractivity contribution in [3.05, 3.63) is 0 Å². The molecule has 0 aromatic rings. The van der Waals surface area contributed by atoms with Crippen molar-refractivity contribution in [2.24, 2.45) is 10.8 Å². The number of phosphoric acid groups is 1. The largest absolute Gasteiger partial charge is 0.481 e. The maximum atomic E-state index is 11.7. The van der Waals surface area contributed by atoms with Gasteiger partial charge in [-0.2, -0.15) is 0 Å². The van der Waals surface area contributed by atoms with Crippen molar-refractivity contribution < 1.29 is 38.3 Å². The number of unbranched alkanes of at least 4 members (excludes halogenated alkanes) is 2. The van der Waals surface area contributed by atoms with Crippen LogP contribution < -0.4 is 0 Å².